The minimum absolute atomic E-state index is 0.640. The monoisotopic (exact) mass is 304 g/mol. The van der Waals surface area contributed by atoms with Gasteiger partial charge in [-0.05, 0) is 44.7 Å². The first-order valence-electron chi connectivity index (χ1n) is 7.83. The van der Waals surface area contributed by atoms with Crippen LogP contribution in [0.3, 0.4) is 0 Å². The Hall–Kier alpha value is -1.20. The summed E-state index contributed by atoms with van der Waals surface area (Å²) in [7, 11) is 0. The van der Waals surface area contributed by atoms with Crippen LogP contribution < -0.4 is 5.73 Å². The molecule has 114 valence electrons. The summed E-state index contributed by atoms with van der Waals surface area (Å²) in [5.41, 5.74) is 7.38. The summed E-state index contributed by atoms with van der Waals surface area (Å²) < 4.78 is 0. The molecule has 4 nitrogen and oxygen atoms in total. The van der Waals surface area contributed by atoms with Crippen molar-refractivity contribution in [1.82, 2.24) is 14.9 Å². The average molecular weight is 304 g/mol. The van der Waals surface area contributed by atoms with Crippen LogP contribution in [0.15, 0.2) is 0 Å². The topological polar surface area (TPSA) is 55.0 Å². The molecule has 1 unspecified atom stereocenters. The van der Waals surface area contributed by atoms with E-state index in [0.29, 0.717) is 5.82 Å². The number of fused-ring (bicyclic) bond motifs is 1. The molecule has 2 N–H and O–H groups in total. The number of aromatic nitrogens is 2. The number of aryl methyl sites for hydroxylation is 2. The number of nitrogens with two attached hydrogens (primary N) is 1. The Balaban J connectivity index is 1.79. The van der Waals surface area contributed by atoms with Crippen LogP contribution in [-0.2, 0) is 6.54 Å². The zero-order chi connectivity index (χ0) is 15.0. The second-order valence-electron chi connectivity index (χ2n) is 6.17. The van der Waals surface area contributed by atoms with Crippen LogP contribution in [0.2, 0.25) is 0 Å². The Bertz CT molecular complexity index is 649. The van der Waals surface area contributed by atoms with Crippen molar-refractivity contribution in [3.05, 3.63) is 16.3 Å². The Morgan fingerprint density at radius 3 is 2.90 bits per heavy atom. The van der Waals surface area contributed by atoms with Gasteiger partial charge in [-0.3, -0.25) is 4.90 Å². The summed E-state index contributed by atoms with van der Waals surface area (Å²) in [4.78, 5) is 14.1. The summed E-state index contributed by atoms with van der Waals surface area (Å²) in [6.07, 6.45) is 3.92. The maximum absolute atomic E-state index is 6.16. The molecule has 2 aromatic rings. The van der Waals surface area contributed by atoms with Crippen LogP contribution in [-0.4, -0.2) is 28.0 Å². The van der Waals surface area contributed by atoms with Crippen molar-refractivity contribution >= 4 is 27.4 Å². The zero-order valence-corrected chi connectivity index (χ0v) is 14.0. The van der Waals surface area contributed by atoms with Crippen molar-refractivity contribution in [2.45, 2.75) is 46.6 Å². The van der Waals surface area contributed by atoms with Crippen LogP contribution in [0, 0.1) is 19.8 Å². The second-order valence-corrected chi connectivity index (χ2v) is 7.37. The van der Waals surface area contributed by atoms with Crippen molar-refractivity contribution < 1.29 is 0 Å². The first-order chi connectivity index (χ1) is 10.1. The smallest absolute Gasteiger partial charge is 0.146 e. The van der Waals surface area contributed by atoms with Crippen molar-refractivity contribution in [3.63, 3.8) is 0 Å². The molecule has 1 atom stereocenters. The van der Waals surface area contributed by atoms with Crippen LogP contribution in [0.1, 0.15) is 42.5 Å². The fourth-order valence-electron chi connectivity index (χ4n) is 3.30. The molecule has 2 aromatic heterocycles. The molecule has 1 fully saturated rings. The number of thiophene rings is 1. The van der Waals surface area contributed by atoms with Gasteiger partial charge in [0.2, 0.25) is 0 Å². The maximum atomic E-state index is 6.16. The summed E-state index contributed by atoms with van der Waals surface area (Å²) in [6.45, 7) is 9.66. The molecule has 5 heteroatoms. The number of anilines is 1. The molecule has 0 aromatic carbocycles. The maximum Gasteiger partial charge on any atom is 0.146 e. The van der Waals surface area contributed by atoms with E-state index in [1.54, 1.807) is 11.3 Å². The minimum atomic E-state index is 0.640. The van der Waals surface area contributed by atoms with Gasteiger partial charge in [0.25, 0.3) is 0 Å². The number of nitrogen functional groups attached to an aromatic ring is 1. The standard InChI is InChI=1S/C16H24N4S/c1-4-5-12-6-7-20(8-12)9-13-18-15(17)14-10(2)11(3)21-16(14)19-13/h12H,4-9H2,1-3H3,(H2,17,18,19). The molecule has 1 aliphatic heterocycles. The number of hydrogen-bond donors (Lipinski definition) is 1. The fourth-order valence-corrected chi connectivity index (χ4v) is 4.35. The van der Waals surface area contributed by atoms with E-state index in [-0.39, 0.29) is 0 Å². The van der Waals surface area contributed by atoms with Gasteiger partial charge in [-0.1, -0.05) is 13.3 Å². The zero-order valence-electron chi connectivity index (χ0n) is 13.1. The molecule has 0 bridgehead atoms. The van der Waals surface area contributed by atoms with E-state index in [1.807, 2.05) is 0 Å². The molecular weight excluding hydrogens is 280 g/mol. The number of hydrogen-bond acceptors (Lipinski definition) is 5. The molecule has 0 aliphatic carbocycles. The van der Waals surface area contributed by atoms with Crippen LogP contribution in [0.25, 0.3) is 10.2 Å². The Labute approximate surface area is 130 Å². The Morgan fingerprint density at radius 2 is 2.14 bits per heavy atom. The number of likely N-dealkylation sites (tertiary alicyclic amines) is 1. The van der Waals surface area contributed by atoms with E-state index < -0.39 is 0 Å². The van der Waals surface area contributed by atoms with Gasteiger partial charge in [0.15, 0.2) is 0 Å². The third-order valence-electron chi connectivity index (χ3n) is 4.53. The largest absolute Gasteiger partial charge is 0.383 e. The molecule has 0 saturated carbocycles. The van der Waals surface area contributed by atoms with Crippen molar-refractivity contribution in [3.8, 4) is 0 Å². The van der Waals surface area contributed by atoms with Gasteiger partial charge >= 0.3 is 0 Å². The normalized spacial score (nSPS) is 19.7. The molecule has 0 spiro atoms. The minimum Gasteiger partial charge on any atom is -0.383 e. The first kappa shape index (κ1) is 14.7. The quantitative estimate of drug-likeness (QED) is 0.939. The first-order valence-corrected chi connectivity index (χ1v) is 8.64. The summed E-state index contributed by atoms with van der Waals surface area (Å²) in [6, 6.07) is 0. The van der Waals surface area contributed by atoms with E-state index in [9.17, 15) is 0 Å². The van der Waals surface area contributed by atoms with Crippen molar-refractivity contribution in [1.29, 1.82) is 0 Å². The molecule has 3 rings (SSSR count). The highest BCUT2D eigenvalue weighted by Gasteiger charge is 2.23. The number of nitrogens with zero attached hydrogens (tertiary/aromatic N) is 3. The summed E-state index contributed by atoms with van der Waals surface area (Å²) in [5.74, 6) is 2.36. The van der Waals surface area contributed by atoms with Gasteiger partial charge < -0.3 is 5.73 Å². The Morgan fingerprint density at radius 1 is 1.33 bits per heavy atom. The van der Waals surface area contributed by atoms with Gasteiger partial charge in [-0.2, -0.15) is 0 Å². The highest BCUT2D eigenvalue weighted by Crippen LogP contribution is 2.32. The van der Waals surface area contributed by atoms with Gasteiger partial charge in [0, 0.05) is 11.4 Å². The lowest BCUT2D eigenvalue weighted by molar-refractivity contribution is 0.305. The average Bonchev–Trinajstić information content (AvgIpc) is 2.96. The molecule has 0 amide bonds. The van der Waals surface area contributed by atoms with Gasteiger partial charge in [0.05, 0.1) is 11.9 Å². The van der Waals surface area contributed by atoms with Crippen molar-refractivity contribution in [2.24, 2.45) is 5.92 Å². The van der Waals surface area contributed by atoms with E-state index in [4.69, 9.17) is 10.7 Å². The van der Waals surface area contributed by atoms with Gasteiger partial charge in [-0.25, -0.2) is 9.97 Å². The lowest BCUT2D eigenvalue weighted by Crippen LogP contribution is -2.21. The summed E-state index contributed by atoms with van der Waals surface area (Å²) in [5, 5.41) is 1.05. The molecule has 1 aliphatic rings. The lowest BCUT2D eigenvalue weighted by atomic mass is 10.0. The molecular formula is C16H24N4S. The van der Waals surface area contributed by atoms with E-state index in [1.165, 1.54) is 36.2 Å². The molecule has 0 radical (unpaired) electrons. The SMILES string of the molecule is CCCC1CCN(Cc2nc(N)c3c(C)c(C)sc3n2)C1. The summed E-state index contributed by atoms with van der Waals surface area (Å²) >= 11 is 1.72. The van der Waals surface area contributed by atoms with E-state index in [0.717, 1.165) is 35.0 Å². The predicted octanol–water partition coefficient (Wildman–Crippen LogP) is 3.51. The van der Waals surface area contributed by atoms with Gasteiger partial charge in [-0.15, -0.1) is 11.3 Å². The number of rotatable bonds is 4. The Kier molecular flexibility index (Phi) is 4.13. The van der Waals surface area contributed by atoms with E-state index >= 15 is 0 Å². The van der Waals surface area contributed by atoms with Crippen LogP contribution in [0.5, 0.6) is 0 Å². The van der Waals surface area contributed by atoms with Crippen molar-refractivity contribution in [2.75, 3.05) is 18.8 Å². The molecule has 21 heavy (non-hydrogen) atoms. The molecule has 1 saturated heterocycles. The van der Waals surface area contributed by atoms with Crippen LogP contribution >= 0.6 is 11.3 Å². The predicted molar refractivity (Wildman–Crippen MR) is 89.6 cm³/mol. The second kappa shape index (κ2) is 5.89. The third-order valence-corrected chi connectivity index (χ3v) is 5.64. The third kappa shape index (κ3) is 2.90. The van der Waals surface area contributed by atoms with Gasteiger partial charge in [0.1, 0.15) is 16.5 Å². The fraction of sp³-hybridized carbons (Fsp3) is 0.625. The molecule has 3 heterocycles. The highest BCUT2D eigenvalue weighted by molar-refractivity contribution is 7.18. The highest BCUT2D eigenvalue weighted by atomic mass is 32.1. The van der Waals surface area contributed by atoms with E-state index in [2.05, 4.69) is 30.7 Å². The lowest BCUT2D eigenvalue weighted by Gasteiger charge is -2.15. The van der Waals surface area contributed by atoms with Crippen LogP contribution in [0.4, 0.5) is 5.82 Å².